The van der Waals surface area contributed by atoms with Gasteiger partial charge in [0.15, 0.2) is 5.82 Å². The third-order valence-electron chi connectivity index (χ3n) is 5.11. The number of benzene rings is 1. The molecule has 1 aliphatic heterocycles. The van der Waals surface area contributed by atoms with Crippen LogP contribution in [0.5, 0.6) is 0 Å². The zero-order chi connectivity index (χ0) is 15.9. The SMILES string of the molecule is Cl.c1ccc(C2CCN(c3nc4ccsc4n4cccc34)CC2)cc1. The van der Waals surface area contributed by atoms with Gasteiger partial charge in [0.1, 0.15) is 10.3 Å². The van der Waals surface area contributed by atoms with Crippen molar-refractivity contribution in [2.45, 2.75) is 18.8 Å². The fraction of sp³-hybridized carbons (Fsp3) is 0.250. The average Bonchev–Trinajstić information content (AvgIpc) is 3.30. The van der Waals surface area contributed by atoms with Crippen LogP contribution >= 0.6 is 23.7 Å². The van der Waals surface area contributed by atoms with Crippen LogP contribution in [0.3, 0.4) is 0 Å². The lowest BCUT2D eigenvalue weighted by Crippen LogP contribution is -2.33. The van der Waals surface area contributed by atoms with Gasteiger partial charge >= 0.3 is 0 Å². The van der Waals surface area contributed by atoms with E-state index in [-0.39, 0.29) is 12.4 Å². The summed E-state index contributed by atoms with van der Waals surface area (Å²) < 4.78 is 2.28. The van der Waals surface area contributed by atoms with E-state index in [4.69, 9.17) is 4.98 Å². The molecule has 1 fully saturated rings. The lowest BCUT2D eigenvalue weighted by Gasteiger charge is -2.33. The Morgan fingerprint density at radius 3 is 2.56 bits per heavy atom. The van der Waals surface area contributed by atoms with E-state index < -0.39 is 0 Å². The molecular formula is C20H20ClN3S. The molecule has 0 unspecified atom stereocenters. The summed E-state index contributed by atoms with van der Waals surface area (Å²) >= 11 is 1.76. The average molecular weight is 370 g/mol. The molecule has 0 bridgehead atoms. The van der Waals surface area contributed by atoms with Gasteiger partial charge in [-0.1, -0.05) is 30.3 Å². The Bertz CT molecular complexity index is 984. The van der Waals surface area contributed by atoms with Crippen LogP contribution in [0, 0.1) is 0 Å². The highest BCUT2D eigenvalue weighted by molar-refractivity contribution is 7.16. The number of rotatable bonds is 2. The molecule has 25 heavy (non-hydrogen) atoms. The monoisotopic (exact) mass is 369 g/mol. The van der Waals surface area contributed by atoms with E-state index >= 15 is 0 Å². The molecule has 0 radical (unpaired) electrons. The third-order valence-corrected chi connectivity index (χ3v) is 6.01. The number of anilines is 1. The molecule has 0 saturated carbocycles. The first-order valence-corrected chi connectivity index (χ1v) is 9.42. The Balaban J connectivity index is 0.00000157. The van der Waals surface area contributed by atoms with Crippen LogP contribution in [-0.2, 0) is 0 Å². The predicted octanol–water partition coefficient (Wildman–Crippen LogP) is 5.35. The summed E-state index contributed by atoms with van der Waals surface area (Å²) in [6, 6.07) is 17.4. The number of piperidine rings is 1. The number of halogens is 1. The molecule has 4 aromatic rings. The number of thiophene rings is 1. The van der Waals surface area contributed by atoms with Gasteiger partial charge in [0, 0.05) is 19.3 Å². The lowest BCUT2D eigenvalue weighted by molar-refractivity contribution is 0.503. The summed E-state index contributed by atoms with van der Waals surface area (Å²) in [6.45, 7) is 2.14. The predicted molar refractivity (Wildman–Crippen MR) is 108 cm³/mol. The van der Waals surface area contributed by atoms with Crippen molar-refractivity contribution in [1.82, 2.24) is 9.38 Å². The number of nitrogens with zero attached hydrogens (tertiary/aromatic N) is 3. The van der Waals surface area contributed by atoms with E-state index in [1.54, 1.807) is 11.3 Å². The second-order valence-electron chi connectivity index (χ2n) is 6.48. The molecule has 3 nitrogen and oxygen atoms in total. The third kappa shape index (κ3) is 2.79. The van der Waals surface area contributed by atoms with Gasteiger partial charge in [0.2, 0.25) is 0 Å². The normalized spacial score (nSPS) is 15.6. The number of hydrogen-bond donors (Lipinski definition) is 0. The second-order valence-corrected chi connectivity index (χ2v) is 7.38. The van der Waals surface area contributed by atoms with E-state index in [0.29, 0.717) is 5.92 Å². The quantitative estimate of drug-likeness (QED) is 0.474. The Morgan fingerprint density at radius 1 is 0.960 bits per heavy atom. The molecule has 1 saturated heterocycles. The lowest BCUT2D eigenvalue weighted by atomic mass is 9.89. The zero-order valence-corrected chi connectivity index (χ0v) is 15.5. The van der Waals surface area contributed by atoms with Crippen LogP contribution in [0.1, 0.15) is 24.3 Å². The number of fused-ring (bicyclic) bond motifs is 3. The molecule has 0 atom stereocenters. The van der Waals surface area contributed by atoms with Crippen molar-refractivity contribution in [1.29, 1.82) is 0 Å². The van der Waals surface area contributed by atoms with Crippen molar-refractivity contribution in [3.05, 3.63) is 65.7 Å². The summed E-state index contributed by atoms with van der Waals surface area (Å²) in [5.41, 5.74) is 3.80. The zero-order valence-electron chi connectivity index (χ0n) is 13.8. The van der Waals surface area contributed by atoms with E-state index in [0.717, 1.165) is 24.4 Å². The highest BCUT2D eigenvalue weighted by Crippen LogP contribution is 2.33. The Hall–Kier alpha value is -2.04. The first-order chi connectivity index (χ1) is 11.9. The first kappa shape index (κ1) is 16.4. The summed E-state index contributed by atoms with van der Waals surface area (Å²) in [4.78, 5) is 8.67. The topological polar surface area (TPSA) is 20.5 Å². The number of hydrogen-bond acceptors (Lipinski definition) is 3. The molecule has 1 aliphatic rings. The van der Waals surface area contributed by atoms with Crippen molar-refractivity contribution in [2.75, 3.05) is 18.0 Å². The molecule has 5 rings (SSSR count). The number of aromatic nitrogens is 2. The summed E-state index contributed by atoms with van der Waals surface area (Å²) in [6.07, 6.45) is 4.54. The van der Waals surface area contributed by atoms with Crippen molar-refractivity contribution in [3.63, 3.8) is 0 Å². The molecule has 1 aromatic carbocycles. The fourth-order valence-corrected chi connectivity index (χ4v) is 4.69. The van der Waals surface area contributed by atoms with Crippen molar-refractivity contribution in [2.24, 2.45) is 0 Å². The fourth-order valence-electron chi connectivity index (χ4n) is 3.85. The van der Waals surface area contributed by atoms with E-state index in [1.807, 2.05) is 0 Å². The molecule has 4 heterocycles. The Labute approximate surface area is 157 Å². The minimum atomic E-state index is 0. The highest BCUT2D eigenvalue weighted by Gasteiger charge is 2.23. The van der Waals surface area contributed by atoms with E-state index in [1.165, 1.54) is 28.8 Å². The largest absolute Gasteiger partial charge is 0.355 e. The maximum Gasteiger partial charge on any atom is 0.153 e. The molecule has 0 amide bonds. The Kier molecular flexibility index (Phi) is 4.40. The minimum absolute atomic E-state index is 0. The van der Waals surface area contributed by atoms with Crippen molar-refractivity contribution < 1.29 is 0 Å². The van der Waals surface area contributed by atoms with E-state index in [9.17, 15) is 0 Å². The van der Waals surface area contributed by atoms with Gasteiger partial charge in [-0.25, -0.2) is 4.98 Å². The van der Waals surface area contributed by atoms with Gasteiger partial charge in [-0.15, -0.1) is 23.7 Å². The highest BCUT2D eigenvalue weighted by atomic mass is 35.5. The van der Waals surface area contributed by atoms with Crippen LogP contribution in [0.15, 0.2) is 60.1 Å². The molecule has 0 spiro atoms. The molecular weight excluding hydrogens is 350 g/mol. The minimum Gasteiger partial charge on any atom is -0.355 e. The molecule has 5 heteroatoms. The first-order valence-electron chi connectivity index (χ1n) is 8.54. The Morgan fingerprint density at radius 2 is 1.76 bits per heavy atom. The molecule has 0 aliphatic carbocycles. The van der Waals surface area contributed by atoms with Crippen LogP contribution in [0.4, 0.5) is 5.82 Å². The van der Waals surface area contributed by atoms with Gasteiger partial charge < -0.3 is 9.30 Å². The molecule has 3 aromatic heterocycles. The van der Waals surface area contributed by atoms with Gasteiger partial charge in [0.25, 0.3) is 0 Å². The standard InChI is InChI=1S/C20H19N3S.ClH/c1-2-5-15(6-3-1)16-8-12-22(13-9-16)19-18-7-4-11-23(18)20-17(21-19)10-14-24-20;/h1-7,10-11,14,16H,8-9,12-13H2;1H. The second kappa shape index (κ2) is 6.70. The van der Waals surface area contributed by atoms with Gasteiger partial charge in [-0.2, -0.15) is 0 Å². The van der Waals surface area contributed by atoms with Crippen LogP contribution in [-0.4, -0.2) is 22.5 Å². The van der Waals surface area contributed by atoms with Crippen LogP contribution < -0.4 is 4.90 Å². The summed E-state index contributed by atoms with van der Waals surface area (Å²) in [7, 11) is 0. The van der Waals surface area contributed by atoms with Crippen LogP contribution in [0.25, 0.3) is 15.9 Å². The molecule has 0 N–H and O–H groups in total. The smallest absolute Gasteiger partial charge is 0.153 e. The van der Waals surface area contributed by atoms with Crippen molar-refractivity contribution >= 4 is 45.4 Å². The van der Waals surface area contributed by atoms with Crippen LogP contribution in [0.2, 0.25) is 0 Å². The van der Waals surface area contributed by atoms with Crippen molar-refractivity contribution in [3.8, 4) is 0 Å². The molecule has 128 valence electrons. The van der Waals surface area contributed by atoms with Gasteiger partial charge in [-0.05, 0) is 47.9 Å². The summed E-state index contributed by atoms with van der Waals surface area (Å²) in [5.74, 6) is 1.81. The van der Waals surface area contributed by atoms with Gasteiger partial charge in [0.05, 0.1) is 5.52 Å². The van der Waals surface area contributed by atoms with E-state index in [2.05, 4.69) is 69.4 Å². The maximum absolute atomic E-state index is 4.97. The van der Waals surface area contributed by atoms with Gasteiger partial charge in [-0.3, -0.25) is 0 Å². The maximum atomic E-state index is 4.97. The summed E-state index contributed by atoms with van der Waals surface area (Å²) in [5, 5.41) is 2.13.